The fraction of sp³-hybridized carbons (Fsp3) is 0.235. The molecule has 23 heavy (non-hydrogen) atoms. The minimum Gasteiger partial charge on any atom is -0.473 e. The molecule has 0 saturated carbocycles. The highest BCUT2D eigenvalue weighted by Gasteiger charge is 2.06. The first kappa shape index (κ1) is 17.4. The Morgan fingerprint density at radius 3 is 2.52 bits per heavy atom. The SMILES string of the molecule is CCCc1ccc(OCNC(=O)Nc2ccc(Cl)cc2Cl)cc1. The molecule has 0 radical (unpaired) electrons. The molecule has 2 amide bonds. The summed E-state index contributed by atoms with van der Waals surface area (Å²) in [6, 6.07) is 12.3. The summed E-state index contributed by atoms with van der Waals surface area (Å²) in [5, 5.41) is 6.11. The second-order valence-corrected chi connectivity index (χ2v) is 5.78. The van der Waals surface area contributed by atoms with Crippen molar-refractivity contribution in [1.29, 1.82) is 0 Å². The van der Waals surface area contributed by atoms with Crippen molar-refractivity contribution in [1.82, 2.24) is 5.32 Å². The Morgan fingerprint density at radius 1 is 1.13 bits per heavy atom. The number of amides is 2. The fourth-order valence-electron chi connectivity index (χ4n) is 1.98. The molecule has 4 nitrogen and oxygen atoms in total. The molecule has 0 fully saturated rings. The van der Waals surface area contributed by atoms with Crippen LogP contribution in [-0.2, 0) is 6.42 Å². The van der Waals surface area contributed by atoms with E-state index in [1.54, 1.807) is 18.2 Å². The van der Waals surface area contributed by atoms with Crippen LogP contribution >= 0.6 is 23.2 Å². The van der Waals surface area contributed by atoms with Crippen LogP contribution in [0, 0.1) is 0 Å². The maximum Gasteiger partial charge on any atom is 0.321 e. The van der Waals surface area contributed by atoms with Gasteiger partial charge in [-0.05, 0) is 42.3 Å². The smallest absolute Gasteiger partial charge is 0.321 e. The zero-order chi connectivity index (χ0) is 16.7. The summed E-state index contributed by atoms with van der Waals surface area (Å²) < 4.78 is 5.47. The normalized spacial score (nSPS) is 10.2. The van der Waals surface area contributed by atoms with Gasteiger partial charge in [-0.2, -0.15) is 0 Å². The van der Waals surface area contributed by atoms with E-state index in [2.05, 4.69) is 17.6 Å². The molecule has 2 rings (SSSR count). The average molecular weight is 353 g/mol. The van der Waals surface area contributed by atoms with Gasteiger partial charge in [-0.3, -0.25) is 0 Å². The van der Waals surface area contributed by atoms with Gasteiger partial charge < -0.3 is 15.4 Å². The standard InChI is InChI=1S/C17H18Cl2N2O2/c1-2-3-12-4-7-14(8-5-12)23-11-20-17(22)21-16-9-6-13(18)10-15(16)19/h4-10H,2-3,11H2,1H3,(H2,20,21,22). The van der Waals surface area contributed by atoms with Crippen LogP contribution < -0.4 is 15.4 Å². The van der Waals surface area contributed by atoms with Gasteiger partial charge in [-0.15, -0.1) is 0 Å². The van der Waals surface area contributed by atoms with Gasteiger partial charge in [0, 0.05) is 5.02 Å². The molecule has 0 atom stereocenters. The Bertz CT molecular complexity index is 660. The number of urea groups is 1. The molecule has 2 aromatic carbocycles. The molecule has 0 bridgehead atoms. The molecule has 0 unspecified atom stereocenters. The third kappa shape index (κ3) is 5.66. The Balaban J connectivity index is 1.78. The zero-order valence-electron chi connectivity index (χ0n) is 12.7. The van der Waals surface area contributed by atoms with Crippen molar-refractivity contribution < 1.29 is 9.53 Å². The maximum atomic E-state index is 11.8. The summed E-state index contributed by atoms with van der Waals surface area (Å²) in [5.74, 6) is 0.703. The Morgan fingerprint density at radius 2 is 1.87 bits per heavy atom. The van der Waals surface area contributed by atoms with E-state index < -0.39 is 6.03 Å². The minimum absolute atomic E-state index is 0.0597. The van der Waals surface area contributed by atoms with Crippen LogP contribution in [-0.4, -0.2) is 12.8 Å². The number of carbonyl (C=O) groups is 1. The zero-order valence-corrected chi connectivity index (χ0v) is 14.2. The van der Waals surface area contributed by atoms with Crippen molar-refractivity contribution in [3.05, 3.63) is 58.1 Å². The van der Waals surface area contributed by atoms with E-state index in [0.717, 1.165) is 12.8 Å². The highest BCUT2D eigenvalue weighted by molar-refractivity contribution is 6.36. The molecule has 0 aliphatic heterocycles. The van der Waals surface area contributed by atoms with Crippen molar-refractivity contribution in [3.63, 3.8) is 0 Å². The van der Waals surface area contributed by atoms with Crippen LogP contribution in [0.1, 0.15) is 18.9 Å². The van der Waals surface area contributed by atoms with Crippen LogP contribution in [0.5, 0.6) is 5.75 Å². The van der Waals surface area contributed by atoms with E-state index >= 15 is 0 Å². The lowest BCUT2D eigenvalue weighted by Crippen LogP contribution is -2.32. The van der Waals surface area contributed by atoms with E-state index in [1.165, 1.54) is 5.56 Å². The molecule has 6 heteroatoms. The monoisotopic (exact) mass is 352 g/mol. The maximum absolute atomic E-state index is 11.8. The number of hydrogen-bond acceptors (Lipinski definition) is 2. The lowest BCUT2D eigenvalue weighted by molar-refractivity contribution is 0.234. The summed E-state index contributed by atoms with van der Waals surface area (Å²) in [6.45, 7) is 2.20. The number of rotatable bonds is 6. The van der Waals surface area contributed by atoms with Crippen molar-refractivity contribution in [3.8, 4) is 5.75 Å². The van der Waals surface area contributed by atoms with Crippen LogP contribution in [0.2, 0.25) is 10.0 Å². The predicted octanol–water partition coefficient (Wildman–Crippen LogP) is 5.10. The first-order valence-corrected chi connectivity index (χ1v) is 8.05. The quantitative estimate of drug-likeness (QED) is 0.710. The molecule has 0 aliphatic carbocycles. The van der Waals surface area contributed by atoms with Crippen LogP contribution in [0.25, 0.3) is 0 Å². The molecule has 0 saturated heterocycles. The summed E-state index contributed by atoms with van der Waals surface area (Å²) in [5.41, 5.74) is 1.75. The number of carbonyl (C=O) groups excluding carboxylic acids is 1. The van der Waals surface area contributed by atoms with Gasteiger partial charge in [0.2, 0.25) is 0 Å². The van der Waals surface area contributed by atoms with Crippen molar-refractivity contribution >= 4 is 34.9 Å². The third-order valence-corrected chi connectivity index (χ3v) is 3.66. The Hall–Kier alpha value is -1.91. The number of ether oxygens (including phenoxy) is 1. The summed E-state index contributed by atoms with van der Waals surface area (Å²) >= 11 is 11.8. The van der Waals surface area contributed by atoms with E-state index in [0.29, 0.717) is 21.5 Å². The summed E-state index contributed by atoms with van der Waals surface area (Å²) in [6.07, 6.45) is 2.15. The second kappa shape index (κ2) is 8.65. The molecule has 0 heterocycles. The molecule has 0 aliphatic rings. The summed E-state index contributed by atoms with van der Waals surface area (Å²) in [4.78, 5) is 11.8. The molecule has 0 spiro atoms. The van der Waals surface area contributed by atoms with Gasteiger partial charge in [0.25, 0.3) is 0 Å². The van der Waals surface area contributed by atoms with Gasteiger partial charge >= 0.3 is 6.03 Å². The lowest BCUT2D eigenvalue weighted by Gasteiger charge is -2.11. The predicted molar refractivity (Wildman–Crippen MR) is 94.5 cm³/mol. The van der Waals surface area contributed by atoms with E-state index in [1.807, 2.05) is 24.3 Å². The highest BCUT2D eigenvalue weighted by atomic mass is 35.5. The summed E-state index contributed by atoms with van der Waals surface area (Å²) in [7, 11) is 0. The molecular formula is C17H18Cl2N2O2. The highest BCUT2D eigenvalue weighted by Crippen LogP contribution is 2.25. The van der Waals surface area contributed by atoms with Crippen LogP contribution in [0.4, 0.5) is 10.5 Å². The van der Waals surface area contributed by atoms with Gasteiger partial charge in [0.1, 0.15) is 5.75 Å². The number of anilines is 1. The molecular weight excluding hydrogens is 335 g/mol. The van der Waals surface area contributed by atoms with E-state index in [-0.39, 0.29) is 6.73 Å². The van der Waals surface area contributed by atoms with Gasteiger partial charge in [0.15, 0.2) is 6.73 Å². The van der Waals surface area contributed by atoms with Crippen molar-refractivity contribution in [2.45, 2.75) is 19.8 Å². The molecule has 2 N–H and O–H groups in total. The number of hydrogen-bond donors (Lipinski definition) is 2. The molecule has 2 aromatic rings. The number of benzene rings is 2. The van der Waals surface area contributed by atoms with Crippen LogP contribution in [0.15, 0.2) is 42.5 Å². The number of halogens is 2. The minimum atomic E-state index is -0.406. The first-order valence-electron chi connectivity index (χ1n) is 7.30. The van der Waals surface area contributed by atoms with Crippen molar-refractivity contribution in [2.24, 2.45) is 0 Å². The van der Waals surface area contributed by atoms with Gasteiger partial charge in [-0.25, -0.2) is 4.79 Å². The Labute approximate surface area is 145 Å². The van der Waals surface area contributed by atoms with Gasteiger partial charge in [-0.1, -0.05) is 48.7 Å². The topological polar surface area (TPSA) is 50.4 Å². The molecule has 0 aromatic heterocycles. The number of nitrogens with one attached hydrogen (secondary N) is 2. The van der Waals surface area contributed by atoms with E-state index in [9.17, 15) is 4.79 Å². The average Bonchev–Trinajstić information content (AvgIpc) is 2.52. The Kier molecular flexibility index (Phi) is 6.56. The first-order chi connectivity index (χ1) is 11.1. The largest absolute Gasteiger partial charge is 0.473 e. The third-order valence-electron chi connectivity index (χ3n) is 3.11. The van der Waals surface area contributed by atoms with Gasteiger partial charge in [0.05, 0.1) is 10.7 Å². The second-order valence-electron chi connectivity index (χ2n) is 4.94. The van der Waals surface area contributed by atoms with Crippen molar-refractivity contribution in [2.75, 3.05) is 12.0 Å². The lowest BCUT2D eigenvalue weighted by atomic mass is 10.1. The van der Waals surface area contributed by atoms with E-state index in [4.69, 9.17) is 27.9 Å². The molecule has 122 valence electrons. The fourth-order valence-corrected chi connectivity index (χ4v) is 2.44. The van der Waals surface area contributed by atoms with Crippen LogP contribution in [0.3, 0.4) is 0 Å². The number of aryl methyl sites for hydroxylation is 1.